The maximum absolute atomic E-state index is 6.92. The van der Waals surface area contributed by atoms with Crippen molar-refractivity contribution in [2.24, 2.45) is 28.6 Å². The Labute approximate surface area is 187 Å². The van der Waals surface area contributed by atoms with Crippen molar-refractivity contribution in [1.29, 1.82) is 0 Å². The van der Waals surface area contributed by atoms with Gasteiger partial charge in [-0.15, -0.1) is 0 Å². The summed E-state index contributed by atoms with van der Waals surface area (Å²) in [4.78, 5) is 0. The zero-order valence-electron chi connectivity index (χ0n) is 20.9. The molecule has 0 saturated heterocycles. The predicted molar refractivity (Wildman–Crippen MR) is 132 cm³/mol. The molecule has 0 radical (unpaired) electrons. The highest BCUT2D eigenvalue weighted by Crippen LogP contribution is 2.67. The number of rotatable bonds is 4. The third kappa shape index (κ3) is 3.65. The zero-order valence-corrected chi connectivity index (χ0v) is 22.9. The molecule has 168 valence electrons. The van der Waals surface area contributed by atoms with Crippen LogP contribution in [0.3, 0.4) is 0 Å². The van der Waals surface area contributed by atoms with E-state index >= 15 is 0 Å². The van der Waals surface area contributed by atoms with Crippen molar-refractivity contribution in [3.63, 3.8) is 0 Å². The van der Waals surface area contributed by atoms with Gasteiger partial charge in [0.2, 0.25) is 8.32 Å². The standard InChI is InChI=1S/C26H44O2Si2/c1-24-15-12-20(27-29(4,5)6)18-19(24)10-11-21-22(24)13-16-25(2)23(21)14-17-26(25,3)28-30(7,8)9/h10,12,15,18,21-23H,11,13-14,16-17H2,1-9H3/t21?,22?,23?,24?,25?,26-/m0/s1. The second-order valence-corrected chi connectivity index (χ2v) is 21.9. The first kappa shape index (κ1) is 22.6. The lowest BCUT2D eigenvalue weighted by molar-refractivity contribution is -0.0964. The summed E-state index contributed by atoms with van der Waals surface area (Å²) in [6.07, 6.45) is 16.1. The fraction of sp³-hybridized carbons (Fsp3) is 0.769. The van der Waals surface area contributed by atoms with Crippen LogP contribution in [-0.4, -0.2) is 22.2 Å². The lowest BCUT2D eigenvalue weighted by atomic mass is 9.48. The quantitative estimate of drug-likeness (QED) is 0.414. The molecule has 0 aromatic heterocycles. The summed E-state index contributed by atoms with van der Waals surface area (Å²) in [7, 11) is -3.15. The molecule has 0 bridgehead atoms. The summed E-state index contributed by atoms with van der Waals surface area (Å²) in [6, 6.07) is 0. The number of hydrogen-bond donors (Lipinski definition) is 0. The summed E-state index contributed by atoms with van der Waals surface area (Å²) < 4.78 is 13.2. The summed E-state index contributed by atoms with van der Waals surface area (Å²) >= 11 is 0. The summed E-state index contributed by atoms with van der Waals surface area (Å²) in [5.41, 5.74) is 2.03. The maximum Gasteiger partial charge on any atom is 0.242 e. The van der Waals surface area contributed by atoms with Crippen molar-refractivity contribution in [2.75, 3.05) is 0 Å². The molecular formula is C26H44O2Si2. The largest absolute Gasteiger partial charge is 0.544 e. The van der Waals surface area contributed by atoms with E-state index in [0.717, 1.165) is 23.5 Å². The second-order valence-electron chi connectivity index (χ2n) is 13.1. The van der Waals surface area contributed by atoms with Crippen LogP contribution in [0.25, 0.3) is 0 Å². The average Bonchev–Trinajstić information content (AvgIpc) is 2.83. The van der Waals surface area contributed by atoms with Crippen LogP contribution >= 0.6 is 0 Å². The number of fused-ring (bicyclic) bond motifs is 5. The molecule has 4 heteroatoms. The normalized spacial score (nSPS) is 43.3. The minimum Gasteiger partial charge on any atom is -0.544 e. The van der Waals surface area contributed by atoms with E-state index in [1.165, 1.54) is 37.7 Å². The Morgan fingerprint density at radius 2 is 1.57 bits per heavy atom. The highest BCUT2D eigenvalue weighted by molar-refractivity contribution is 6.70. The van der Waals surface area contributed by atoms with E-state index in [9.17, 15) is 0 Å². The number of allylic oxidation sites excluding steroid dienone is 5. The van der Waals surface area contributed by atoms with Crippen LogP contribution in [-0.2, 0) is 8.85 Å². The first-order valence-corrected chi connectivity index (χ1v) is 19.0. The fourth-order valence-corrected chi connectivity index (χ4v) is 9.96. The molecule has 2 saturated carbocycles. The van der Waals surface area contributed by atoms with E-state index < -0.39 is 16.6 Å². The van der Waals surface area contributed by atoms with E-state index in [2.05, 4.69) is 84.4 Å². The Morgan fingerprint density at radius 3 is 2.20 bits per heavy atom. The molecule has 6 atom stereocenters. The molecule has 4 aliphatic carbocycles. The molecular weight excluding hydrogens is 400 g/mol. The average molecular weight is 445 g/mol. The zero-order chi connectivity index (χ0) is 22.2. The Hall–Kier alpha value is -0.586. The lowest BCUT2D eigenvalue weighted by Crippen LogP contribution is -2.55. The van der Waals surface area contributed by atoms with E-state index in [0.29, 0.717) is 5.41 Å². The Balaban J connectivity index is 1.62. The summed E-state index contributed by atoms with van der Waals surface area (Å²) in [5, 5.41) is 0. The SMILES string of the molecule is CC12C=CC(O[Si](C)(C)C)=CC1=CCC1C2CCC2(C)C1CC[C@]2(C)O[Si](C)(C)C. The van der Waals surface area contributed by atoms with Gasteiger partial charge in [-0.25, -0.2) is 0 Å². The van der Waals surface area contributed by atoms with Crippen molar-refractivity contribution >= 4 is 16.6 Å². The molecule has 2 nitrogen and oxygen atoms in total. The van der Waals surface area contributed by atoms with Crippen molar-refractivity contribution in [2.45, 2.75) is 97.8 Å². The Kier molecular flexibility index (Phi) is 5.24. The topological polar surface area (TPSA) is 18.5 Å². The van der Waals surface area contributed by atoms with Gasteiger partial charge in [-0.1, -0.05) is 26.0 Å². The van der Waals surface area contributed by atoms with E-state index in [4.69, 9.17) is 8.85 Å². The second kappa shape index (κ2) is 6.95. The molecule has 2 fully saturated rings. The van der Waals surface area contributed by atoms with Crippen molar-refractivity contribution in [1.82, 2.24) is 0 Å². The molecule has 5 unspecified atom stereocenters. The summed E-state index contributed by atoms with van der Waals surface area (Å²) in [5.74, 6) is 3.38. The Morgan fingerprint density at radius 1 is 0.900 bits per heavy atom. The van der Waals surface area contributed by atoms with Crippen LogP contribution in [0.4, 0.5) is 0 Å². The Bertz CT molecular complexity index is 799. The smallest absolute Gasteiger partial charge is 0.242 e. The minimum atomic E-state index is -1.58. The molecule has 0 aromatic rings. The third-order valence-electron chi connectivity index (χ3n) is 8.82. The lowest BCUT2D eigenvalue weighted by Gasteiger charge is -2.58. The van der Waals surface area contributed by atoms with Crippen molar-refractivity contribution < 1.29 is 8.85 Å². The van der Waals surface area contributed by atoms with Crippen LogP contribution in [0, 0.1) is 28.6 Å². The molecule has 0 heterocycles. The van der Waals surface area contributed by atoms with Crippen LogP contribution in [0.1, 0.15) is 52.9 Å². The van der Waals surface area contributed by atoms with Crippen LogP contribution < -0.4 is 0 Å². The van der Waals surface area contributed by atoms with Crippen LogP contribution in [0.15, 0.2) is 35.6 Å². The first-order valence-electron chi connectivity index (χ1n) is 12.2. The fourth-order valence-electron chi connectivity index (χ4n) is 7.43. The van der Waals surface area contributed by atoms with Gasteiger partial charge in [-0.05, 0) is 119 Å². The third-order valence-corrected chi connectivity index (χ3v) is 10.7. The van der Waals surface area contributed by atoms with Gasteiger partial charge in [-0.2, -0.15) is 0 Å². The minimum absolute atomic E-state index is 0.0542. The molecule has 0 spiro atoms. The van der Waals surface area contributed by atoms with Gasteiger partial charge in [-0.3, -0.25) is 0 Å². The van der Waals surface area contributed by atoms with E-state index in [1.54, 1.807) is 0 Å². The van der Waals surface area contributed by atoms with Crippen LogP contribution in [0.5, 0.6) is 0 Å². The number of hydrogen-bond acceptors (Lipinski definition) is 2. The van der Waals surface area contributed by atoms with Gasteiger partial charge in [0.1, 0.15) is 5.76 Å². The molecule has 0 aromatic carbocycles. The highest BCUT2D eigenvalue weighted by atomic mass is 28.4. The van der Waals surface area contributed by atoms with Gasteiger partial charge in [0, 0.05) is 5.41 Å². The van der Waals surface area contributed by atoms with Gasteiger partial charge in [0.05, 0.1) is 5.60 Å². The molecule has 0 aliphatic heterocycles. The predicted octanol–water partition coefficient (Wildman–Crippen LogP) is 7.68. The monoisotopic (exact) mass is 444 g/mol. The van der Waals surface area contributed by atoms with Crippen molar-refractivity contribution in [3.8, 4) is 0 Å². The van der Waals surface area contributed by atoms with Gasteiger partial charge >= 0.3 is 0 Å². The van der Waals surface area contributed by atoms with E-state index in [-0.39, 0.29) is 11.0 Å². The van der Waals surface area contributed by atoms with Crippen molar-refractivity contribution in [3.05, 3.63) is 35.6 Å². The van der Waals surface area contributed by atoms with Crippen LogP contribution in [0.2, 0.25) is 39.3 Å². The highest BCUT2D eigenvalue weighted by Gasteiger charge is 2.63. The molecule has 0 N–H and O–H groups in total. The van der Waals surface area contributed by atoms with Gasteiger partial charge < -0.3 is 8.85 Å². The maximum atomic E-state index is 6.92. The molecule has 4 aliphatic rings. The summed E-state index contributed by atoms with van der Waals surface area (Å²) in [6.45, 7) is 21.4. The first-order chi connectivity index (χ1) is 13.7. The van der Waals surface area contributed by atoms with Gasteiger partial charge in [0.25, 0.3) is 0 Å². The van der Waals surface area contributed by atoms with E-state index in [1.807, 2.05) is 0 Å². The molecule has 0 amide bonds. The molecule has 4 rings (SSSR count). The molecule has 30 heavy (non-hydrogen) atoms. The van der Waals surface area contributed by atoms with Gasteiger partial charge in [0.15, 0.2) is 8.32 Å².